The fraction of sp³-hybridized carbons (Fsp3) is 0.308. The number of nitrogens with one attached hydrogen (secondary N) is 1. The molecule has 1 aliphatic rings. The van der Waals surface area contributed by atoms with E-state index in [0.29, 0.717) is 42.9 Å². The number of amides is 2. The SMILES string of the molecule is C[C@@H](CC(=O)Nc1sc2c(c1C#N)CCN(C(=O)OCCc1ccccn1)C2)c1ccccc1. The molecule has 0 radical (unpaired) electrons. The molecule has 4 rings (SSSR count). The van der Waals surface area contributed by atoms with Crippen LogP contribution in [0.1, 0.15) is 46.5 Å². The van der Waals surface area contributed by atoms with Crippen LogP contribution in [0.4, 0.5) is 9.80 Å². The van der Waals surface area contributed by atoms with E-state index in [1.807, 2.05) is 55.5 Å². The first-order chi connectivity index (χ1) is 16.5. The fourth-order valence-electron chi connectivity index (χ4n) is 4.00. The quantitative estimate of drug-likeness (QED) is 0.526. The summed E-state index contributed by atoms with van der Waals surface area (Å²) in [6.45, 7) is 3.11. The summed E-state index contributed by atoms with van der Waals surface area (Å²) >= 11 is 1.37. The number of pyridine rings is 1. The van der Waals surface area contributed by atoms with E-state index in [0.717, 1.165) is 21.7 Å². The van der Waals surface area contributed by atoms with Crippen molar-refractivity contribution in [1.82, 2.24) is 9.88 Å². The highest BCUT2D eigenvalue weighted by Gasteiger charge is 2.28. The maximum Gasteiger partial charge on any atom is 0.410 e. The summed E-state index contributed by atoms with van der Waals surface area (Å²) in [5, 5.41) is 13.2. The predicted molar refractivity (Wildman–Crippen MR) is 131 cm³/mol. The van der Waals surface area contributed by atoms with Crippen molar-refractivity contribution < 1.29 is 14.3 Å². The van der Waals surface area contributed by atoms with Crippen molar-refractivity contribution in [1.29, 1.82) is 5.26 Å². The zero-order chi connectivity index (χ0) is 23.9. The van der Waals surface area contributed by atoms with Crippen molar-refractivity contribution in [2.45, 2.75) is 38.6 Å². The van der Waals surface area contributed by atoms with Gasteiger partial charge in [0.2, 0.25) is 5.91 Å². The lowest BCUT2D eigenvalue weighted by Gasteiger charge is -2.26. The summed E-state index contributed by atoms with van der Waals surface area (Å²) in [4.78, 5) is 32.0. The largest absolute Gasteiger partial charge is 0.449 e. The third kappa shape index (κ3) is 5.61. The molecule has 3 heterocycles. The first-order valence-corrected chi connectivity index (χ1v) is 12.1. The molecule has 2 aromatic heterocycles. The van der Waals surface area contributed by atoms with Gasteiger partial charge < -0.3 is 15.0 Å². The average Bonchev–Trinajstić information content (AvgIpc) is 3.20. The summed E-state index contributed by atoms with van der Waals surface area (Å²) in [7, 11) is 0. The van der Waals surface area contributed by atoms with Gasteiger partial charge >= 0.3 is 6.09 Å². The standard InChI is InChI=1S/C26H26N4O3S/c1-18(19-7-3-2-4-8-19)15-24(31)29-25-22(16-27)21-10-13-30(17-23(21)34-25)26(32)33-14-11-20-9-5-6-12-28-20/h2-9,12,18H,10-11,13-15,17H2,1H3,(H,29,31)/t18-/m0/s1. The van der Waals surface area contributed by atoms with Crippen molar-refractivity contribution in [2.24, 2.45) is 0 Å². The van der Waals surface area contributed by atoms with E-state index in [1.165, 1.54) is 11.3 Å². The Kier molecular flexibility index (Phi) is 7.55. The number of nitrogens with zero attached hydrogens (tertiary/aromatic N) is 3. The van der Waals surface area contributed by atoms with Gasteiger partial charge in [-0.15, -0.1) is 11.3 Å². The molecule has 0 spiro atoms. The van der Waals surface area contributed by atoms with Crippen LogP contribution < -0.4 is 5.32 Å². The van der Waals surface area contributed by atoms with Crippen LogP contribution in [0.15, 0.2) is 54.7 Å². The molecule has 174 valence electrons. The van der Waals surface area contributed by atoms with Crippen molar-refractivity contribution in [3.05, 3.63) is 82.0 Å². The van der Waals surface area contributed by atoms with Gasteiger partial charge in [0.15, 0.2) is 0 Å². The second kappa shape index (κ2) is 10.9. The monoisotopic (exact) mass is 474 g/mol. The Bertz CT molecular complexity index is 1190. The smallest absolute Gasteiger partial charge is 0.410 e. The minimum absolute atomic E-state index is 0.0673. The van der Waals surface area contributed by atoms with Crippen LogP contribution in [0.3, 0.4) is 0 Å². The molecule has 0 saturated carbocycles. The summed E-state index contributed by atoms with van der Waals surface area (Å²) in [6, 6.07) is 17.8. The van der Waals surface area contributed by atoms with Crippen LogP contribution >= 0.6 is 11.3 Å². The summed E-state index contributed by atoms with van der Waals surface area (Å²) in [6.07, 6.45) is 2.77. The van der Waals surface area contributed by atoms with Gasteiger partial charge in [0.05, 0.1) is 18.7 Å². The molecule has 1 aliphatic heterocycles. The third-order valence-corrected chi connectivity index (χ3v) is 6.98. The van der Waals surface area contributed by atoms with Gasteiger partial charge in [0.1, 0.15) is 11.1 Å². The molecule has 1 aromatic carbocycles. The maximum absolute atomic E-state index is 12.7. The first-order valence-electron chi connectivity index (χ1n) is 11.3. The van der Waals surface area contributed by atoms with Gasteiger partial charge in [-0.25, -0.2) is 4.79 Å². The Morgan fingerprint density at radius 2 is 2.03 bits per heavy atom. The van der Waals surface area contributed by atoms with E-state index in [2.05, 4.69) is 16.4 Å². The average molecular weight is 475 g/mol. The topological polar surface area (TPSA) is 95.3 Å². The molecule has 7 nitrogen and oxygen atoms in total. The molecule has 0 fully saturated rings. The number of thiophene rings is 1. The lowest BCUT2D eigenvalue weighted by molar-refractivity contribution is -0.116. The fourth-order valence-corrected chi connectivity index (χ4v) is 5.23. The minimum atomic E-state index is -0.379. The normalized spacial score (nSPS) is 13.5. The maximum atomic E-state index is 12.7. The third-order valence-electron chi connectivity index (χ3n) is 5.85. The van der Waals surface area contributed by atoms with E-state index < -0.39 is 0 Å². The zero-order valence-corrected chi connectivity index (χ0v) is 19.8. The first kappa shape index (κ1) is 23.5. The van der Waals surface area contributed by atoms with Gasteiger partial charge in [0, 0.05) is 36.2 Å². The number of fused-ring (bicyclic) bond motifs is 1. The van der Waals surface area contributed by atoms with Gasteiger partial charge in [-0.3, -0.25) is 9.78 Å². The molecular weight excluding hydrogens is 448 g/mol. The molecule has 0 unspecified atom stereocenters. The van der Waals surface area contributed by atoms with Gasteiger partial charge in [0.25, 0.3) is 0 Å². The number of rotatable bonds is 7. The van der Waals surface area contributed by atoms with Crippen LogP contribution in [0, 0.1) is 11.3 Å². The molecule has 8 heteroatoms. The van der Waals surface area contributed by atoms with Crippen molar-refractivity contribution in [3.8, 4) is 6.07 Å². The molecule has 0 saturated heterocycles. The van der Waals surface area contributed by atoms with Crippen LogP contribution in [0.2, 0.25) is 0 Å². The summed E-state index contributed by atoms with van der Waals surface area (Å²) in [5.41, 5.74) is 3.39. The van der Waals surface area contributed by atoms with Crippen LogP contribution in [0.5, 0.6) is 0 Å². The van der Waals surface area contributed by atoms with Crippen LogP contribution in [-0.2, 0) is 28.9 Å². The molecule has 34 heavy (non-hydrogen) atoms. The highest BCUT2D eigenvalue weighted by Crippen LogP contribution is 2.37. The van der Waals surface area contributed by atoms with E-state index in [9.17, 15) is 14.9 Å². The second-order valence-corrected chi connectivity index (χ2v) is 9.35. The lowest BCUT2D eigenvalue weighted by atomic mass is 9.97. The van der Waals surface area contributed by atoms with Crippen LogP contribution in [0.25, 0.3) is 0 Å². The molecule has 1 atom stereocenters. The Balaban J connectivity index is 1.35. The summed E-state index contributed by atoms with van der Waals surface area (Å²) < 4.78 is 5.43. The molecule has 3 aromatic rings. The van der Waals surface area contributed by atoms with Gasteiger partial charge in [-0.05, 0) is 35.6 Å². The Morgan fingerprint density at radius 1 is 1.24 bits per heavy atom. The minimum Gasteiger partial charge on any atom is -0.449 e. The van der Waals surface area contributed by atoms with E-state index in [1.54, 1.807) is 11.1 Å². The molecule has 2 amide bonds. The number of hydrogen-bond donors (Lipinski definition) is 1. The predicted octanol–water partition coefficient (Wildman–Crippen LogP) is 4.88. The number of carbonyl (C=O) groups excluding carboxylic acids is 2. The van der Waals surface area contributed by atoms with Crippen molar-refractivity contribution >= 4 is 28.3 Å². The lowest BCUT2D eigenvalue weighted by Crippen LogP contribution is -2.36. The van der Waals surface area contributed by atoms with E-state index in [-0.39, 0.29) is 24.5 Å². The van der Waals surface area contributed by atoms with Crippen molar-refractivity contribution in [2.75, 3.05) is 18.5 Å². The second-order valence-electron chi connectivity index (χ2n) is 8.24. The number of benzene rings is 1. The Labute approximate surface area is 203 Å². The highest BCUT2D eigenvalue weighted by molar-refractivity contribution is 7.16. The molecular formula is C26H26N4O3S. The Morgan fingerprint density at radius 3 is 2.76 bits per heavy atom. The molecule has 0 bridgehead atoms. The number of ether oxygens (including phenoxy) is 1. The van der Waals surface area contributed by atoms with Gasteiger partial charge in [-0.1, -0.05) is 43.3 Å². The number of aromatic nitrogens is 1. The summed E-state index contributed by atoms with van der Waals surface area (Å²) in [5.74, 6) is -0.0603. The molecule has 1 N–H and O–H groups in total. The number of nitriles is 1. The van der Waals surface area contributed by atoms with E-state index >= 15 is 0 Å². The van der Waals surface area contributed by atoms with Gasteiger partial charge in [-0.2, -0.15) is 5.26 Å². The number of carbonyl (C=O) groups is 2. The highest BCUT2D eigenvalue weighted by atomic mass is 32.1. The van der Waals surface area contributed by atoms with E-state index in [4.69, 9.17) is 4.74 Å². The number of hydrogen-bond acceptors (Lipinski definition) is 6. The van der Waals surface area contributed by atoms with Crippen molar-refractivity contribution in [3.63, 3.8) is 0 Å². The molecule has 0 aliphatic carbocycles. The zero-order valence-electron chi connectivity index (χ0n) is 19.0. The van der Waals surface area contributed by atoms with Crippen LogP contribution in [-0.4, -0.2) is 35.0 Å². The number of anilines is 1. The Hall–Kier alpha value is -3.70.